The number of aliphatic hydroxyl groups is 1. The molecule has 0 aromatic carbocycles. The van der Waals surface area contributed by atoms with Crippen molar-refractivity contribution < 1.29 is 9.84 Å². The van der Waals surface area contributed by atoms with Gasteiger partial charge in [-0.15, -0.1) is 0 Å². The lowest BCUT2D eigenvalue weighted by Gasteiger charge is -2.34. The zero-order valence-corrected chi connectivity index (χ0v) is 8.01. The Morgan fingerprint density at radius 3 is 1.73 bits per heavy atom. The van der Waals surface area contributed by atoms with Crippen LogP contribution >= 0.6 is 0 Å². The molecule has 1 rings (SSSR count). The first-order valence-corrected chi connectivity index (χ1v) is 4.15. The monoisotopic (exact) mass is 158 g/mol. The SMILES string of the molecule is CC1OC(C)(C)C(C)(C)C1O. The first kappa shape index (κ1) is 9.01. The second kappa shape index (κ2) is 2.20. The summed E-state index contributed by atoms with van der Waals surface area (Å²) in [6.45, 7) is 10.1. The maximum absolute atomic E-state index is 9.74. The molecule has 0 aromatic heterocycles. The lowest BCUT2D eigenvalue weighted by atomic mass is 9.74. The highest BCUT2D eigenvalue weighted by Crippen LogP contribution is 2.45. The van der Waals surface area contributed by atoms with Gasteiger partial charge in [-0.25, -0.2) is 0 Å². The third-order valence-electron chi connectivity index (χ3n) is 3.22. The summed E-state index contributed by atoms with van der Waals surface area (Å²) in [6, 6.07) is 0. The summed E-state index contributed by atoms with van der Waals surface area (Å²) in [7, 11) is 0. The summed E-state index contributed by atoms with van der Waals surface area (Å²) in [5.74, 6) is 0. The van der Waals surface area contributed by atoms with Gasteiger partial charge >= 0.3 is 0 Å². The lowest BCUT2D eigenvalue weighted by molar-refractivity contribution is -0.0456. The van der Waals surface area contributed by atoms with E-state index in [0.29, 0.717) is 0 Å². The Kier molecular flexibility index (Phi) is 1.81. The van der Waals surface area contributed by atoms with Gasteiger partial charge in [0.2, 0.25) is 0 Å². The zero-order valence-electron chi connectivity index (χ0n) is 8.01. The van der Waals surface area contributed by atoms with Crippen molar-refractivity contribution in [1.29, 1.82) is 0 Å². The van der Waals surface area contributed by atoms with Crippen LogP contribution in [0.5, 0.6) is 0 Å². The molecule has 2 nitrogen and oxygen atoms in total. The number of rotatable bonds is 0. The summed E-state index contributed by atoms with van der Waals surface area (Å²) in [4.78, 5) is 0. The first-order valence-electron chi connectivity index (χ1n) is 4.15. The quantitative estimate of drug-likeness (QED) is 0.580. The fraction of sp³-hybridized carbons (Fsp3) is 1.00. The maximum atomic E-state index is 9.74. The third-order valence-corrected chi connectivity index (χ3v) is 3.22. The average molecular weight is 158 g/mol. The molecule has 2 heteroatoms. The Balaban J connectivity index is 2.92. The molecular formula is C9H18O2. The van der Waals surface area contributed by atoms with Crippen molar-refractivity contribution in [3.63, 3.8) is 0 Å². The minimum absolute atomic E-state index is 0.0417. The average Bonchev–Trinajstić information content (AvgIpc) is 1.93. The molecule has 1 N–H and O–H groups in total. The zero-order chi connectivity index (χ0) is 8.86. The highest BCUT2D eigenvalue weighted by molar-refractivity contribution is 5.01. The van der Waals surface area contributed by atoms with Crippen molar-refractivity contribution in [3.05, 3.63) is 0 Å². The van der Waals surface area contributed by atoms with E-state index in [9.17, 15) is 5.11 Å². The number of aliphatic hydroxyl groups excluding tert-OH is 1. The number of hydrogen-bond acceptors (Lipinski definition) is 2. The smallest absolute Gasteiger partial charge is 0.0877 e. The van der Waals surface area contributed by atoms with E-state index in [1.165, 1.54) is 0 Å². The fourth-order valence-corrected chi connectivity index (χ4v) is 1.62. The minimum atomic E-state index is -0.350. The van der Waals surface area contributed by atoms with Crippen LogP contribution in [0, 0.1) is 5.41 Å². The second-order valence-corrected chi connectivity index (χ2v) is 4.50. The van der Waals surface area contributed by atoms with Crippen molar-refractivity contribution >= 4 is 0 Å². The van der Waals surface area contributed by atoms with E-state index in [0.717, 1.165) is 0 Å². The van der Waals surface area contributed by atoms with Gasteiger partial charge in [0.15, 0.2) is 0 Å². The molecule has 11 heavy (non-hydrogen) atoms. The molecular weight excluding hydrogens is 140 g/mol. The van der Waals surface area contributed by atoms with E-state index in [1.54, 1.807) is 0 Å². The Hall–Kier alpha value is -0.0800. The molecule has 0 aromatic rings. The summed E-state index contributed by atoms with van der Waals surface area (Å²) < 4.78 is 5.63. The number of ether oxygens (including phenoxy) is 1. The first-order chi connectivity index (χ1) is 4.79. The van der Waals surface area contributed by atoms with E-state index in [-0.39, 0.29) is 23.2 Å². The Labute approximate surface area is 68.6 Å². The summed E-state index contributed by atoms with van der Waals surface area (Å²) in [5, 5.41) is 9.74. The van der Waals surface area contributed by atoms with Crippen LogP contribution in [-0.2, 0) is 4.74 Å². The molecule has 2 atom stereocenters. The third kappa shape index (κ3) is 1.09. The Morgan fingerprint density at radius 1 is 1.18 bits per heavy atom. The highest BCUT2D eigenvalue weighted by atomic mass is 16.5. The molecule has 1 aliphatic heterocycles. The van der Waals surface area contributed by atoms with Crippen molar-refractivity contribution in [3.8, 4) is 0 Å². The topological polar surface area (TPSA) is 29.5 Å². The van der Waals surface area contributed by atoms with E-state index < -0.39 is 0 Å². The molecule has 0 amide bonds. The number of hydrogen-bond donors (Lipinski definition) is 1. The maximum Gasteiger partial charge on any atom is 0.0877 e. The van der Waals surface area contributed by atoms with Crippen LogP contribution in [-0.4, -0.2) is 22.9 Å². The van der Waals surface area contributed by atoms with E-state index in [4.69, 9.17) is 4.74 Å². The molecule has 2 unspecified atom stereocenters. The molecule has 1 heterocycles. The molecule has 0 radical (unpaired) electrons. The molecule has 1 saturated heterocycles. The van der Waals surface area contributed by atoms with Crippen molar-refractivity contribution in [2.75, 3.05) is 0 Å². The van der Waals surface area contributed by atoms with Gasteiger partial charge in [0.05, 0.1) is 17.8 Å². The van der Waals surface area contributed by atoms with Crippen LogP contribution in [0.3, 0.4) is 0 Å². The normalized spacial score (nSPS) is 40.9. The Morgan fingerprint density at radius 2 is 1.64 bits per heavy atom. The molecule has 0 bridgehead atoms. The van der Waals surface area contributed by atoms with Crippen LogP contribution < -0.4 is 0 Å². The van der Waals surface area contributed by atoms with Gasteiger partial charge in [-0.2, -0.15) is 0 Å². The van der Waals surface area contributed by atoms with Crippen molar-refractivity contribution in [2.24, 2.45) is 5.41 Å². The van der Waals surface area contributed by atoms with Gasteiger partial charge in [0.1, 0.15) is 0 Å². The summed E-state index contributed by atoms with van der Waals surface area (Å²) >= 11 is 0. The molecule has 0 saturated carbocycles. The van der Waals surface area contributed by atoms with Gasteiger partial charge in [-0.1, -0.05) is 13.8 Å². The molecule has 1 fully saturated rings. The fourth-order valence-electron chi connectivity index (χ4n) is 1.62. The predicted molar refractivity (Wildman–Crippen MR) is 44.4 cm³/mol. The van der Waals surface area contributed by atoms with Crippen LogP contribution in [0.1, 0.15) is 34.6 Å². The van der Waals surface area contributed by atoms with Crippen molar-refractivity contribution in [1.82, 2.24) is 0 Å². The lowest BCUT2D eigenvalue weighted by Crippen LogP contribution is -2.41. The van der Waals surface area contributed by atoms with Crippen molar-refractivity contribution in [2.45, 2.75) is 52.4 Å². The predicted octanol–water partition coefficient (Wildman–Crippen LogP) is 1.57. The van der Waals surface area contributed by atoms with Crippen LogP contribution in [0.25, 0.3) is 0 Å². The van der Waals surface area contributed by atoms with Gasteiger partial charge in [0.25, 0.3) is 0 Å². The summed E-state index contributed by atoms with van der Waals surface area (Å²) in [5.41, 5.74) is -0.363. The largest absolute Gasteiger partial charge is 0.390 e. The van der Waals surface area contributed by atoms with E-state index in [1.807, 2.05) is 34.6 Å². The van der Waals surface area contributed by atoms with Gasteiger partial charge < -0.3 is 9.84 Å². The second-order valence-electron chi connectivity index (χ2n) is 4.50. The van der Waals surface area contributed by atoms with Crippen LogP contribution in [0.4, 0.5) is 0 Å². The molecule has 1 aliphatic rings. The van der Waals surface area contributed by atoms with Gasteiger partial charge in [-0.3, -0.25) is 0 Å². The highest BCUT2D eigenvalue weighted by Gasteiger charge is 2.53. The standard InChI is InChI=1S/C9H18O2/c1-6-7(10)8(2,3)9(4,5)11-6/h6-7,10H,1-5H3. The van der Waals surface area contributed by atoms with Gasteiger partial charge in [0, 0.05) is 5.41 Å². The van der Waals surface area contributed by atoms with E-state index in [2.05, 4.69) is 0 Å². The molecule has 0 aliphatic carbocycles. The molecule has 66 valence electrons. The van der Waals surface area contributed by atoms with Gasteiger partial charge in [-0.05, 0) is 20.8 Å². The molecule has 0 spiro atoms. The van der Waals surface area contributed by atoms with E-state index >= 15 is 0 Å². The Bertz CT molecular complexity index is 161. The van der Waals surface area contributed by atoms with Crippen LogP contribution in [0.2, 0.25) is 0 Å². The summed E-state index contributed by atoms with van der Waals surface area (Å²) in [6.07, 6.45) is -0.391. The minimum Gasteiger partial charge on any atom is -0.390 e. The van der Waals surface area contributed by atoms with Crippen LogP contribution in [0.15, 0.2) is 0 Å².